The average molecular weight is 287 g/mol. The Morgan fingerprint density at radius 1 is 1.33 bits per heavy atom. The summed E-state index contributed by atoms with van der Waals surface area (Å²) < 4.78 is 0. The number of carbonyl (C=O) groups excluding carboxylic acids is 1. The third-order valence-corrected chi connectivity index (χ3v) is 2.74. The van der Waals surface area contributed by atoms with Crippen molar-refractivity contribution in [2.45, 2.75) is 6.54 Å². The molecule has 8 heteroatoms. The number of nitrogens with two attached hydrogens (primary N) is 1. The Morgan fingerprint density at radius 2 is 2.14 bits per heavy atom. The highest BCUT2D eigenvalue weighted by molar-refractivity contribution is 5.94. The van der Waals surface area contributed by atoms with Crippen LogP contribution in [0.25, 0.3) is 0 Å². The average Bonchev–Trinajstić information content (AvgIpc) is 2.53. The van der Waals surface area contributed by atoms with Gasteiger partial charge in [-0.25, -0.2) is 10.8 Å². The van der Waals surface area contributed by atoms with Gasteiger partial charge in [-0.2, -0.15) is 0 Å². The van der Waals surface area contributed by atoms with Crippen LogP contribution in [0.3, 0.4) is 0 Å². The Hall–Kier alpha value is -3.00. The van der Waals surface area contributed by atoms with Crippen LogP contribution >= 0.6 is 0 Å². The van der Waals surface area contributed by atoms with Crippen LogP contribution in [-0.4, -0.2) is 15.8 Å². The van der Waals surface area contributed by atoms with Crippen molar-refractivity contribution in [3.63, 3.8) is 0 Å². The molecule has 0 radical (unpaired) electrons. The highest BCUT2D eigenvalue weighted by atomic mass is 16.6. The number of pyridine rings is 1. The highest BCUT2D eigenvalue weighted by Crippen LogP contribution is 2.13. The monoisotopic (exact) mass is 287 g/mol. The number of hydrogen-bond donors (Lipinski definition) is 3. The Bertz CT molecular complexity index is 674. The number of amides is 1. The summed E-state index contributed by atoms with van der Waals surface area (Å²) >= 11 is 0. The number of nitro groups is 1. The van der Waals surface area contributed by atoms with Gasteiger partial charge in [-0.05, 0) is 17.7 Å². The first kappa shape index (κ1) is 14.4. The van der Waals surface area contributed by atoms with Gasteiger partial charge in [-0.1, -0.05) is 12.1 Å². The van der Waals surface area contributed by atoms with E-state index in [-0.39, 0.29) is 18.1 Å². The fraction of sp³-hybridized carbons (Fsp3) is 0.0769. The maximum Gasteiger partial charge on any atom is 0.269 e. The zero-order valence-electron chi connectivity index (χ0n) is 10.9. The third-order valence-electron chi connectivity index (χ3n) is 2.74. The zero-order valence-corrected chi connectivity index (χ0v) is 10.9. The van der Waals surface area contributed by atoms with Crippen LogP contribution in [-0.2, 0) is 6.54 Å². The number of non-ortho nitro benzene ring substituents is 1. The largest absolute Gasteiger partial charge is 0.348 e. The molecule has 1 amide bonds. The molecule has 0 aliphatic carbocycles. The SMILES string of the molecule is NNc1cc(C(=O)NCc2cccc([N+](=O)[O-])c2)ccn1. The normalized spacial score (nSPS) is 9.95. The molecule has 0 saturated carbocycles. The number of nitrogen functional groups attached to an aromatic ring is 1. The van der Waals surface area contributed by atoms with Gasteiger partial charge in [0.1, 0.15) is 5.82 Å². The summed E-state index contributed by atoms with van der Waals surface area (Å²) in [5.74, 6) is 5.27. The van der Waals surface area contributed by atoms with Gasteiger partial charge in [0, 0.05) is 30.4 Å². The molecule has 21 heavy (non-hydrogen) atoms. The van der Waals surface area contributed by atoms with Crippen molar-refractivity contribution in [1.82, 2.24) is 10.3 Å². The predicted octanol–water partition coefficient (Wildman–Crippen LogP) is 1.21. The van der Waals surface area contributed by atoms with Crippen molar-refractivity contribution in [2.24, 2.45) is 5.84 Å². The quantitative estimate of drug-likeness (QED) is 0.431. The molecule has 1 aromatic heterocycles. The van der Waals surface area contributed by atoms with E-state index in [0.29, 0.717) is 16.9 Å². The summed E-state index contributed by atoms with van der Waals surface area (Å²) in [7, 11) is 0. The maximum atomic E-state index is 12.0. The van der Waals surface area contributed by atoms with Crippen LogP contribution in [0.15, 0.2) is 42.6 Å². The lowest BCUT2D eigenvalue weighted by Gasteiger charge is -2.06. The molecule has 0 fully saturated rings. The van der Waals surface area contributed by atoms with Crippen LogP contribution in [0.5, 0.6) is 0 Å². The molecule has 1 aromatic carbocycles. The molecule has 0 bridgehead atoms. The summed E-state index contributed by atoms with van der Waals surface area (Å²) in [5, 5.41) is 13.4. The maximum absolute atomic E-state index is 12.0. The first-order valence-corrected chi connectivity index (χ1v) is 6.04. The molecule has 1 heterocycles. The molecule has 2 rings (SSSR count). The van der Waals surface area contributed by atoms with Gasteiger partial charge >= 0.3 is 0 Å². The molecule has 108 valence electrons. The van der Waals surface area contributed by atoms with Gasteiger partial charge in [-0.15, -0.1) is 0 Å². The lowest BCUT2D eigenvalue weighted by Crippen LogP contribution is -2.23. The van der Waals surface area contributed by atoms with E-state index in [1.54, 1.807) is 18.2 Å². The van der Waals surface area contributed by atoms with Gasteiger partial charge in [0.05, 0.1) is 4.92 Å². The number of anilines is 1. The lowest BCUT2D eigenvalue weighted by atomic mass is 10.2. The molecule has 8 nitrogen and oxygen atoms in total. The van der Waals surface area contributed by atoms with Crippen molar-refractivity contribution >= 4 is 17.4 Å². The van der Waals surface area contributed by atoms with Gasteiger partial charge in [0.2, 0.25) is 0 Å². The lowest BCUT2D eigenvalue weighted by molar-refractivity contribution is -0.384. The van der Waals surface area contributed by atoms with Gasteiger partial charge in [0.15, 0.2) is 0 Å². The van der Waals surface area contributed by atoms with E-state index in [0.717, 1.165) is 0 Å². The molecule has 4 N–H and O–H groups in total. The van der Waals surface area contributed by atoms with Gasteiger partial charge < -0.3 is 10.7 Å². The van der Waals surface area contributed by atoms with E-state index in [9.17, 15) is 14.9 Å². The van der Waals surface area contributed by atoms with Crippen molar-refractivity contribution < 1.29 is 9.72 Å². The fourth-order valence-electron chi connectivity index (χ4n) is 1.72. The number of nitrogens with zero attached hydrogens (tertiary/aromatic N) is 2. The second kappa shape index (κ2) is 6.44. The molecule has 2 aromatic rings. The number of nitro benzene ring substituents is 1. The Balaban J connectivity index is 2.03. The van der Waals surface area contributed by atoms with E-state index < -0.39 is 4.92 Å². The molecule has 0 saturated heterocycles. The summed E-state index contributed by atoms with van der Waals surface area (Å²) in [6.07, 6.45) is 1.46. The number of benzene rings is 1. The number of hydrogen-bond acceptors (Lipinski definition) is 6. The van der Waals surface area contributed by atoms with Crippen molar-refractivity contribution in [1.29, 1.82) is 0 Å². The number of hydrazine groups is 1. The van der Waals surface area contributed by atoms with Crippen molar-refractivity contribution in [2.75, 3.05) is 5.43 Å². The molecule has 0 unspecified atom stereocenters. The first-order chi connectivity index (χ1) is 10.1. The van der Waals surface area contributed by atoms with Crippen LogP contribution < -0.4 is 16.6 Å². The van der Waals surface area contributed by atoms with Crippen LogP contribution in [0.4, 0.5) is 11.5 Å². The van der Waals surface area contributed by atoms with Crippen molar-refractivity contribution in [3.05, 3.63) is 63.8 Å². The minimum absolute atomic E-state index is 0.0136. The van der Waals surface area contributed by atoms with Gasteiger partial charge in [-0.3, -0.25) is 14.9 Å². The minimum atomic E-state index is -0.479. The second-order valence-electron chi connectivity index (χ2n) is 4.18. The van der Waals surface area contributed by atoms with Gasteiger partial charge in [0.25, 0.3) is 11.6 Å². The molecular weight excluding hydrogens is 274 g/mol. The Kier molecular flexibility index (Phi) is 4.42. The molecule has 0 aliphatic rings. The van der Waals surface area contributed by atoms with Crippen LogP contribution in [0, 0.1) is 10.1 Å². The topological polar surface area (TPSA) is 123 Å². The fourth-order valence-corrected chi connectivity index (χ4v) is 1.72. The highest BCUT2D eigenvalue weighted by Gasteiger charge is 2.09. The van der Waals surface area contributed by atoms with E-state index >= 15 is 0 Å². The summed E-state index contributed by atoms with van der Waals surface area (Å²) in [6.45, 7) is 0.189. The summed E-state index contributed by atoms with van der Waals surface area (Å²) in [6, 6.07) is 9.13. The number of nitrogens with one attached hydrogen (secondary N) is 2. The predicted molar refractivity (Wildman–Crippen MR) is 76.3 cm³/mol. The molecule has 0 spiro atoms. The van der Waals surface area contributed by atoms with Crippen LogP contribution in [0.1, 0.15) is 15.9 Å². The zero-order chi connectivity index (χ0) is 15.2. The Labute approximate surface area is 120 Å². The van der Waals surface area contributed by atoms with Crippen LogP contribution in [0.2, 0.25) is 0 Å². The van der Waals surface area contributed by atoms with Crippen molar-refractivity contribution in [3.8, 4) is 0 Å². The van der Waals surface area contributed by atoms with E-state index in [1.807, 2.05) is 0 Å². The van der Waals surface area contributed by atoms with E-state index in [1.165, 1.54) is 24.4 Å². The number of rotatable bonds is 5. The second-order valence-corrected chi connectivity index (χ2v) is 4.18. The molecular formula is C13H13N5O3. The number of aromatic nitrogens is 1. The summed E-state index contributed by atoms with van der Waals surface area (Å²) in [4.78, 5) is 26.1. The summed E-state index contributed by atoms with van der Waals surface area (Å²) in [5.41, 5.74) is 3.37. The smallest absolute Gasteiger partial charge is 0.269 e. The van der Waals surface area contributed by atoms with E-state index in [4.69, 9.17) is 5.84 Å². The Morgan fingerprint density at radius 3 is 2.86 bits per heavy atom. The third kappa shape index (κ3) is 3.74. The van der Waals surface area contributed by atoms with E-state index in [2.05, 4.69) is 15.7 Å². The minimum Gasteiger partial charge on any atom is -0.348 e. The standard InChI is InChI=1S/C13H13N5O3/c14-17-12-7-10(4-5-15-12)13(19)16-8-9-2-1-3-11(6-9)18(20)21/h1-7H,8,14H2,(H,15,17)(H,16,19). The number of carbonyl (C=O) groups is 1. The molecule has 0 aliphatic heterocycles. The first-order valence-electron chi connectivity index (χ1n) is 6.04. The molecule has 0 atom stereocenters.